The van der Waals surface area contributed by atoms with Crippen molar-refractivity contribution in [1.29, 1.82) is 0 Å². The van der Waals surface area contributed by atoms with E-state index in [-0.39, 0.29) is 17.5 Å². The molecule has 1 amide bonds. The standard InChI is InChI=1S/C24H25N3O4/c28-22(7-3-6-21-25-18-5-2-1-4-17(18)24(29)26-21)27-23(15-8-9-15)16-10-11-19-20(14-16)31-13-12-30-19/h1-2,4-5,10-11,14-15,23H,3,6-9,12-13H2,(H,27,28)(H,25,26,29). The Kier molecular flexibility index (Phi) is 5.32. The zero-order chi connectivity index (χ0) is 21.2. The van der Waals surface area contributed by atoms with Gasteiger partial charge in [0.1, 0.15) is 19.0 Å². The van der Waals surface area contributed by atoms with Crippen LogP contribution in [0.3, 0.4) is 0 Å². The predicted octanol–water partition coefficient (Wildman–Crippen LogP) is 3.28. The summed E-state index contributed by atoms with van der Waals surface area (Å²) < 4.78 is 11.3. The molecule has 0 radical (unpaired) electrons. The Morgan fingerprint density at radius 1 is 1.13 bits per heavy atom. The number of carbonyl (C=O) groups is 1. The quantitative estimate of drug-likeness (QED) is 0.613. The highest BCUT2D eigenvalue weighted by Gasteiger charge is 2.34. The fourth-order valence-corrected chi connectivity index (χ4v) is 4.07. The van der Waals surface area contributed by atoms with Gasteiger partial charge in [-0.25, -0.2) is 4.98 Å². The first-order chi connectivity index (χ1) is 15.2. The number of hydrogen-bond acceptors (Lipinski definition) is 5. The number of aromatic nitrogens is 2. The SMILES string of the molecule is O=C(CCCc1nc2ccccc2c(=O)[nH]1)NC(c1ccc2c(c1)OCCO2)C1CC1. The molecule has 5 rings (SSSR count). The molecule has 160 valence electrons. The third-order valence-electron chi connectivity index (χ3n) is 5.81. The molecule has 1 aliphatic heterocycles. The van der Waals surface area contributed by atoms with Crippen LogP contribution in [-0.2, 0) is 11.2 Å². The lowest BCUT2D eigenvalue weighted by Crippen LogP contribution is -2.30. The summed E-state index contributed by atoms with van der Waals surface area (Å²) in [7, 11) is 0. The highest BCUT2D eigenvalue weighted by Crippen LogP contribution is 2.43. The lowest BCUT2D eigenvalue weighted by atomic mass is 10.0. The first-order valence-electron chi connectivity index (χ1n) is 10.8. The smallest absolute Gasteiger partial charge is 0.258 e. The van der Waals surface area contributed by atoms with Crippen LogP contribution in [-0.4, -0.2) is 29.1 Å². The fourth-order valence-electron chi connectivity index (χ4n) is 4.07. The molecule has 31 heavy (non-hydrogen) atoms. The monoisotopic (exact) mass is 419 g/mol. The lowest BCUT2D eigenvalue weighted by Gasteiger charge is -2.23. The molecule has 0 bridgehead atoms. The Morgan fingerprint density at radius 2 is 1.94 bits per heavy atom. The summed E-state index contributed by atoms with van der Waals surface area (Å²) in [6.45, 7) is 1.11. The van der Waals surface area contributed by atoms with Crippen LogP contribution in [0.25, 0.3) is 10.9 Å². The zero-order valence-electron chi connectivity index (χ0n) is 17.2. The van der Waals surface area contributed by atoms with Crippen molar-refractivity contribution < 1.29 is 14.3 Å². The summed E-state index contributed by atoms with van der Waals surface area (Å²) in [5.41, 5.74) is 1.59. The van der Waals surface area contributed by atoms with Gasteiger partial charge in [-0.3, -0.25) is 9.59 Å². The maximum absolute atomic E-state index is 12.7. The van der Waals surface area contributed by atoms with Gasteiger partial charge in [-0.1, -0.05) is 18.2 Å². The van der Waals surface area contributed by atoms with E-state index in [0.717, 1.165) is 29.9 Å². The molecule has 1 atom stereocenters. The molecule has 7 nitrogen and oxygen atoms in total. The largest absolute Gasteiger partial charge is 0.486 e. The molecule has 2 N–H and O–H groups in total. The number of nitrogens with one attached hydrogen (secondary N) is 2. The highest BCUT2D eigenvalue weighted by atomic mass is 16.6. The Bertz CT molecular complexity index is 1170. The lowest BCUT2D eigenvalue weighted by molar-refractivity contribution is -0.122. The van der Waals surface area contributed by atoms with Crippen LogP contribution in [0.2, 0.25) is 0 Å². The average Bonchev–Trinajstić information content (AvgIpc) is 3.62. The van der Waals surface area contributed by atoms with Gasteiger partial charge < -0.3 is 19.8 Å². The molecule has 2 aliphatic rings. The maximum Gasteiger partial charge on any atom is 0.258 e. The number of ether oxygens (including phenoxy) is 2. The van der Waals surface area contributed by atoms with Gasteiger partial charge in [-0.05, 0) is 55.0 Å². The maximum atomic E-state index is 12.7. The van der Waals surface area contributed by atoms with Gasteiger partial charge in [0.05, 0.1) is 16.9 Å². The Morgan fingerprint density at radius 3 is 2.77 bits per heavy atom. The number of amides is 1. The zero-order valence-corrected chi connectivity index (χ0v) is 17.2. The molecule has 2 aromatic carbocycles. The van der Waals surface area contributed by atoms with Gasteiger partial charge in [-0.15, -0.1) is 0 Å². The van der Waals surface area contributed by atoms with Gasteiger partial charge in [0.25, 0.3) is 5.56 Å². The van der Waals surface area contributed by atoms with E-state index in [1.54, 1.807) is 6.07 Å². The number of carbonyl (C=O) groups excluding carboxylic acids is 1. The van der Waals surface area contributed by atoms with Crippen molar-refractivity contribution in [3.63, 3.8) is 0 Å². The van der Waals surface area contributed by atoms with Gasteiger partial charge in [0.15, 0.2) is 11.5 Å². The molecular formula is C24H25N3O4. The molecule has 0 spiro atoms. The summed E-state index contributed by atoms with van der Waals surface area (Å²) in [5, 5.41) is 3.78. The predicted molar refractivity (Wildman–Crippen MR) is 116 cm³/mol. The second kappa shape index (κ2) is 8.41. The van der Waals surface area contributed by atoms with E-state index in [1.165, 1.54) is 0 Å². The molecule has 1 aromatic heterocycles. The highest BCUT2D eigenvalue weighted by molar-refractivity contribution is 5.77. The minimum absolute atomic E-state index is 0.00919. The van der Waals surface area contributed by atoms with Crippen molar-refractivity contribution in [1.82, 2.24) is 15.3 Å². The number of benzene rings is 2. The van der Waals surface area contributed by atoms with Crippen LogP contribution in [0, 0.1) is 5.92 Å². The van der Waals surface area contributed by atoms with Crippen LogP contribution < -0.4 is 20.3 Å². The Labute approximate surface area is 179 Å². The number of fused-ring (bicyclic) bond motifs is 2. The molecule has 2 heterocycles. The van der Waals surface area contributed by atoms with Crippen LogP contribution in [0.15, 0.2) is 47.3 Å². The summed E-state index contributed by atoms with van der Waals surface area (Å²) in [6, 6.07) is 13.2. The first kappa shape index (κ1) is 19.6. The minimum Gasteiger partial charge on any atom is -0.486 e. The van der Waals surface area contributed by atoms with E-state index in [1.807, 2.05) is 36.4 Å². The normalized spacial score (nSPS) is 16.1. The fraction of sp³-hybridized carbons (Fsp3) is 0.375. The second-order valence-corrected chi connectivity index (χ2v) is 8.17. The number of rotatable bonds is 7. The molecule has 1 saturated carbocycles. The van der Waals surface area contributed by atoms with Crippen molar-refractivity contribution in [2.45, 2.75) is 38.1 Å². The van der Waals surface area contributed by atoms with Crippen molar-refractivity contribution in [2.75, 3.05) is 13.2 Å². The summed E-state index contributed by atoms with van der Waals surface area (Å²) >= 11 is 0. The van der Waals surface area contributed by atoms with E-state index in [4.69, 9.17) is 9.47 Å². The van der Waals surface area contributed by atoms with Crippen molar-refractivity contribution in [3.8, 4) is 11.5 Å². The molecule has 7 heteroatoms. The average molecular weight is 419 g/mol. The van der Waals surface area contributed by atoms with Crippen LogP contribution in [0.5, 0.6) is 11.5 Å². The number of aromatic amines is 1. The van der Waals surface area contributed by atoms with Crippen molar-refractivity contribution in [2.24, 2.45) is 5.92 Å². The topological polar surface area (TPSA) is 93.3 Å². The van der Waals surface area contributed by atoms with E-state index in [9.17, 15) is 9.59 Å². The third kappa shape index (κ3) is 4.40. The summed E-state index contributed by atoms with van der Waals surface area (Å²) in [4.78, 5) is 32.2. The van der Waals surface area contributed by atoms with Gasteiger partial charge in [0, 0.05) is 12.8 Å². The summed E-state index contributed by atoms with van der Waals surface area (Å²) in [5.74, 6) is 2.59. The number of para-hydroxylation sites is 1. The van der Waals surface area contributed by atoms with Gasteiger partial charge >= 0.3 is 0 Å². The van der Waals surface area contributed by atoms with Crippen molar-refractivity contribution in [3.05, 3.63) is 64.2 Å². The third-order valence-corrected chi connectivity index (χ3v) is 5.81. The van der Waals surface area contributed by atoms with Gasteiger partial charge in [0.2, 0.25) is 5.91 Å². The number of H-pyrrole nitrogens is 1. The molecule has 3 aromatic rings. The molecular weight excluding hydrogens is 394 g/mol. The molecule has 1 aliphatic carbocycles. The van der Waals surface area contributed by atoms with E-state index < -0.39 is 0 Å². The van der Waals surface area contributed by atoms with Gasteiger partial charge in [-0.2, -0.15) is 0 Å². The minimum atomic E-state index is -0.141. The molecule has 1 unspecified atom stereocenters. The van der Waals surface area contributed by atoms with E-state index in [0.29, 0.717) is 55.1 Å². The van der Waals surface area contributed by atoms with Crippen LogP contribution >= 0.6 is 0 Å². The molecule has 0 saturated heterocycles. The number of aryl methyl sites for hydroxylation is 1. The Hall–Kier alpha value is -3.35. The van der Waals surface area contributed by atoms with Crippen LogP contribution in [0.4, 0.5) is 0 Å². The molecule has 1 fully saturated rings. The number of nitrogens with zero attached hydrogens (tertiary/aromatic N) is 1. The second-order valence-electron chi connectivity index (χ2n) is 8.17. The van der Waals surface area contributed by atoms with E-state index in [2.05, 4.69) is 15.3 Å². The Balaban J connectivity index is 1.21. The van der Waals surface area contributed by atoms with E-state index >= 15 is 0 Å². The summed E-state index contributed by atoms with van der Waals surface area (Å²) in [6.07, 6.45) is 3.77. The van der Waals surface area contributed by atoms with Crippen molar-refractivity contribution >= 4 is 16.8 Å². The van der Waals surface area contributed by atoms with Crippen LogP contribution in [0.1, 0.15) is 43.1 Å². The first-order valence-corrected chi connectivity index (χ1v) is 10.8. The number of hydrogen-bond donors (Lipinski definition) is 2.